The van der Waals surface area contributed by atoms with Crippen LogP contribution in [0.5, 0.6) is 0 Å². The van der Waals surface area contributed by atoms with Crippen LogP contribution in [0.15, 0.2) is 0 Å². The van der Waals surface area contributed by atoms with Crippen molar-refractivity contribution in [3.63, 3.8) is 0 Å². The number of carbonyl (C=O) groups excluding carboxylic acids is 4. The second-order valence-corrected chi connectivity index (χ2v) is 5.38. The van der Waals surface area contributed by atoms with E-state index in [1.165, 1.54) is 13.8 Å². The van der Waals surface area contributed by atoms with Gasteiger partial charge < -0.3 is 40.5 Å². The monoisotopic (exact) mass is 380 g/mol. The molecule has 0 aliphatic heterocycles. The smallest absolute Gasteiger partial charge is 0.328 e. The minimum absolute atomic E-state index is 0.822. The molecule has 2 amide bonds. The molecule has 0 aliphatic carbocycles. The highest BCUT2D eigenvalue weighted by Crippen LogP contribution is 2.07. The highest BCUT2D eigenvalue weighted by Gasteiger charge is 2.38. The summed E-state index contributed by atoms with van der Waals surface area (Å²) in [4.78, 5) is 45.9. The Morgan fingerprint density at radius 2 is 0.962 bits per heavy atom. The highest BCUT2D eigenvalue weighted by atomic mass is 16.5. The molecule has 0 bridgehead atoms. The van der Waals surface area contributed by atoms with E-state index in [4.69, 9.17) is 0 Å². The van der Waals surface area contributed by atoms with Crippen molar-refractivity contribution in [2.24, 2.45) is 0 Å². The number of carbonyl (C=O) groups is 4. The third-order valence-electron chi connectivity index (χ3n) is 3.36. The average molecular weight is 380 g/mol. The Bertz CT molecular complexity index is 480. The van der Waals surface area contributed by atoms with Crippen LogP contribution < -0.4 is 10.6 Å². The Hall–Kier alpha value is -2.28. The largest absolute Gasteiger partial charge is 0.467 e. The van der Waals surface area contributed by atoms with Gasteiger partial charge >= 0.3 is 11.9 Å². The van der Waals surface area contributed by atoms with E-state index >= 15 is 0 Å². The van der Waals surface area contributed by atoms with E-state index < -0.39 is 60.3 Å². The molecule has 26 heavy (non-hydrogen) atoms. The van der Waals surface area contributed by atoms with Gasteiger partial charge in [0.15, 0.2) is 12.2 Å². The Labute approximate surface area is 149 Å². The second-order valence-electron chi connectivity index (χ2n) is 5.38. The predicted octanol–water partition coefficient (Wildman–Crippen LogP) is -4.21. The van der Waals surface area contributed by atoms with Gasteiger partial charge in [-0.15, -0.1) is 0 Å². The summed E-state index contributed by atoms with van der Waals surface area (Å²) in [5, 5.41) is 43.0. The topological polar surface area (TPSA) is 192 Å². The Morgan fingerprint density at radius 1 is 0.692 bits per heavy atom. The van der Waals surface area contributed by atoms with Crippen molar-refractivity contribution in [3.8, 4) is 0 Å². The summed E-state index contributed by atoms with van der Waals surface area (Å²) < 4.78 is 8.72. The molecular weight excluding hydrogens is 356 g/mol. The number of amides is 2. The van der Waals surface area contributed by atoms with Crippen molar-refractivity contribution < 1.29 is 49.1 Å². The minimum atomic E-state index is -2.27. The molecule has 0 rings (SSSR count). The first-order valence-corrected chi connectivity index (χ1v) is 7.46. The molecule has 6 atom stereocenters. The number of hydrogen-bond acceptors (Lipinski definition) is 10. The molecule has 0 radical (unpaired) electrons. The Morgan fingerprint density at radius 3 is 1.19 bits per heavy atom. The van der Waals surface area contributed by atoms with E-state index in [-0.39, 0.29) is 0 Å². The normalized spacial score (nSPS) is 17.7. The summed E-state index contributed by atoms with van der Waals surface area (Å²) in [6, 6.07) is -2.30. The van der Waals surface area contributed by atoms with Crippen molar-refractivity contribution in [1.29, 1.82) is 0 Å². The molecule has 6 N–H and O–H groups in total. The highest BCUT2D eigenvalue weighted by molar-refractivity contribution is 5.88. The van der Waals surface area contributed by atoms with Crippen molar-refractivity contribution >= 4 is 23.8 Å². The van der Waals surface area contributed by atoms with E-state index in [1.807, 2.05) is 10.6 Å². The van der Waals surface area contributed by atoms with Crippen LogP contribution in [0.2, 0.25) is 0 Å². The number of ether oxygens (including phenoxy) is 2. The van der Waals surface area contributed by atoms with Crippen LogP contribution in [-0.2, 0) is 28.7 Å². The molecule has 0 heterocycles. The maximum absolute atomic E-state index is 11.7. The molecule has 0 fully saturated rings. The molecule has 150 valence electrons. The second kappa shape index (κ2) is 10.7. The zero-order valence-corrected chi connectivity index (χ0v) is 14.7. The van der Waals surface area contributed by atoms with Crippen LogP contribution in [0, 0.1) is 0 Å². The van der Waals surface area contributed by atoms with E-state index in [0.29, 0.717) is 0 Å². The fraction of sp³-hybridized carbons (Fsp3) is 0.714. The maximum atomic E-state index is 11.7. The molecule has 0 saturated carbocycles. The lowest BCUT2D eigenvalue weighted by Crippen LogP contribution is -2.57. The molecule has 0 saturated heterocycles. The first kappa shape index (κ1) is 23.7. The van der Waals surface area contributed by atoms with Crippen molar-refractivity contribution in [3.05, 3.63) is 0 Å². The zero-order chi connectivity index (χ0) is 20.6. The molecule has 0 spiro atoms. The predicted molar refractivity (Wildman–Crippen MR) is 83.3 cm³/mol. The summed E-state index contributed by atoms with van der Waals surface area (Å²) in [7, 11) is 2.15. The van der Waals surface area contributed by atoms with Gasteiger partial charge in [0.2, 0.25) is 0 Å². The SMILES string of the molecule is COC(=O)[C@H](C)NC(=O)[C@@H](O)[C@@H](O)[C@H](O)[C@@H](O)C(=O)N[C@@H](C)C(=O)OC. The molecule has 0 aliphatic rings. The fourth-order valence-corrected chi connectivity index (χ4v) is 1.75. The summed E-state index contributed by atoms with van der Waals surface area (Å²) in [6.07, 6.45) is -9.07. The van der Waals surface area contributed by atoms with Crippen LogP contribution in [-0.4, -0.2) is 94.9 Å². The first-order valence-electron chi connectivity index (χ1n) is 7.46. The lowest BCUT2D eigenvalue weighted by molar-refractivity contribution is -0.158. The molecule has 0 aromatic rings. The number of aliphatic hydroxyl groups excluding tert-OH is 4. The third kappa shape index (κ3) is 6.55. The van der Waals surface area contributed by atoms with Gasteiger partial charge in [0.05, 0.1) is 14.2 Å². The Balaban J connectivity index is 4.83. The summed E-state index contributed by atoms with van der Waals surface area (Å²) in [5.74, 6) is -4.14. The molecule has 0 aromatic heterocycles. The van der Waals surface area contributed by atoms with E-state index in [0.717, 1.165) is 14.2 Å². The lowest BCUT2D eigenvalue weighted by atomic mass is 10.0. The van der Waals surface area contributed by atoms with E-state index in [2.05, 4.69) is 9.47 Å². The van der Waals surface area contributed by atoms with Gasteiger partial charge in [-0.2, -0.15) is 0 Å². The number of rotatable bonds is 9. The number of aliphatic hydroxyl groups is 4. The van der Waals surface area contributed by atoms with E-state index in [9.17, 15) is 39.6 Å². The quantitative estimate of drug-likeness (QED) is 0.214. The lowest BCUT2D eigenvalue weighted by Gasteiger charge is -2.26. The van der Waals surface area contributed by atoms with Crippen molar-refractivity contribution in [2.75, 3.05) is 14.2 Å². The number of hydrogen-bond donors (Lipinski definition) is 6. The summed E-state index contributed by atoms with van der Waals surface area (Å²) in [5.41, 5.74) is 0. The van der Waals surface area contributed by atoms with Gasteiger partial charge in [-0.05, 0) is 13.8 Å². The van der Waals surface area contributed by atoms with Crippen LogP contribution in [0.3, 0.4) is 0 Å². The van der Waals surface area contributed by atoms with Crippen LogP contribution >= 0.6 is 0 Å². The van der Waals surface area contributed by atoms with Gasteiger partial charge in [0, 0.05) is 0 Å². The molecule has 0 unspecified atom stereocenters. The molecular formula is C14H24N2O10. The third-order valence-corrected chi connectivity index (χ3v) is 3.36. The van der Waals surface area contributed by atoms with Gasteiger partial charge in [-0.3, -0.25) is 9.59 Å². The van der Waals surface area contributed by atoms with Crippen molar-refractivity contribution in [1.82, 2.24) is 10.6 Å². The van der Waals surface area contributed by atoms with Crippen LogP contribution in [0.25, 0.3) is 0 Å². The van der Waals surface area contributed by atoms with Gasteiger partial charge in [-0.25, -0.2) is 9.59 Å². The summed E-state index contributed by atoms with van der Waals surface area (Å²) in [6.45, 7) is 2.49. The average Bonchev–Trinajstić information content (AvgIpc) is 2.63. The number of methoxy groups -OCH3 is 2. The van der Waals surface area contributed by atoms with Crippen molar-refractivity contribution in [2.45, 2.75) is 50.3 Å². The van der Waals surface area contributed by atoms with Gasteiger partial charge in [0.1, 0.15) is 24.3 Å². The Kier molecular flexibility index (Phi) is 9.72. The fourth-order valence-electron chi connectivity index (χ4n) is 1.75. The zero-order valence-electron chi connectivity index (χ0n) is 14.7. The summed E-state index contributed by atoms with van der Waals surface area (Å²) >= 11 is 0. The van der Waals surface area contributed by atoms with E-state index in [1.54, 1.807) is 0 Å². The standard InChI is InChI=1S/C14H24N2O10/c1-5(13(23)25-3)15-11(21)9(19)7(17)8(18)10(20)12(22)16-6(2)14(24)26-4/h5-10,17-20H,1-4H3,(H,15,21)(H,16,22)/t5-,6-,7-,8-,9-,10+/m0/s1. The number of esters is 2. The molecule has 12 heteroatoms. The number of nitrogens with one attached hydrogen (secondary N) is 2. The van der Waals surface area contributed by atoms with Crippen LogP contribution in [0.1, 0.15) is 13.8 Å². The van der Waals surface area contributed by atoms with Gasteiger partial charge in [0.25, 0.3) is 11.8 Å². The minimum Gasteiger partial charge on any atom is -0.467 e. The van der Waals surface area contributed by atoms with Gasteiger partial charge in [-0.1, -0.05) is 0 Å². The molecule has 12 nitrogen and oxygen atoms in total. The first-order chi connectivity index (χ1) is 12.0. The van der Waals surface area contributed by atoms with Crippen LogP contribution in [0.4, 0.5) is 0 Å². The maximum Gasteiger partial charge on any atom is 0.328 e. The molecule has 0 aromatic carbocycles.